The third kappa shape index (κ3) is 3.07. The summed E-state index contributed by atoms with van der Waals surface area (Å²) in [4.78, 5) is 21.7. The van der Waals surface area contributed by atoms with Crippen LogP contribution in [-0.4, -0.2) is 16.8 Å². The minimum atomic E-state index is -0.583. The SMILES string of the molecule is N#Cc1ccc(OC2CCCC(=O)C2)c([N+](=O)[O-])c1. The van der Waals surface area contributed by atoms with Gasteiger partial charge in [0, 0.05) is 18.9 Å². The lowest BCUT2D eigenvalue weighted by atomic mass is 9.96. The van der Waals surface area contributed by atoms with Crippen molar-refractivity contribution in [2.75, 3.05) is 0 Å². The highest BCUT2D eigenvalue weighted by molar-refractivity contribution is 5.79. The molecule has 0 spiro atoms. The van der Waals surface area contributed by atoms with Crippen LogP contribution in [0, 0.1) is 21.4 Å². The van der Waals surface area contributed by atoms with Crippen molar-refractivity contribution in [3.05, 3.63) is 33.9 Å². The smallest absolute Gasteiger partial charge is 0.312 e. The van der Waals surface area contributed by atoms with Crippen LogP contribution in [0.5, 0.6) is 5.75 Å². The van der Waals surface area contributed by atoms with Crippen molar-refractivity contribution in [1.29, 1.82) is 5.26 Å². The molecule has 6 nitrogen and oxygen atoms in total. The minimum Gasteiger partial charge on any atom is -0.483 e. The molecule has 2 rings (SSSR count). The molecule has 6 heteroatoms. The fourth-order valence-corrected chi connectivity index (χ4v) is 2.09. The monoisotopic (exact) mass is 260 g/mol. The van der Waals surface area contributed by atoms with E-state index in [9.17, 15) is 14.9 Å². The van der Waals surface area contributed by atoms with E-state index in [2.05, 4.69) is 0 Å². The highest BCUT2D eigenvalue weighted by Gasteiger charge is 2.24. The van der Waals surface area contributed by atoms with Crippen molar-refractivity contribution in [1.82, 2.24) is 0 Å². The third-order valence-corrected chi connectivity index (χ3v) is 3.02. The van der Waals surface area contributed by atoms with Gasteiger partial charge in [-0.25, -0.2) is 0 Å². The van der Waals surface area contributed by atoms with Gasteiger partial charge in [0.15, 0.2) is 5.75 Å². The lowest BCUT2D eigenvalue weighted by Gasteiger charge is -2.22. The Kier molecular flexibility index (Phi) is 3.76. The molecule has 1 atom stereocenters. The predicted octanol–water partition coefficient (Wildman–Crippen LogP) is 2.36. The molecular formula is C13H12N2O4. The molecule has 0 amide bonds. The summed E-state index contributed by atoms with van der Waals surface area (Å²) >= 11 is 0. The van der Waals surface area contributed by atoms with E-state index in [4.69, 9.17) is 10.00 Å². The van der Waals surface area contributed by atoms with E-state index in [0.29, 0.717) is 12.8 Å². The summed E-state index contributed by atoms with van der Waals surface area (Å²) in [6, 6.07) is 5.90. The van der Waals surface area contributed by atoms with Gasteiger partial charge in [-0.15, -0.1) is 0 Å². The van der Waals surface area contributed by atoms with Crippen molar-refractivity contribution in [3.63, 3.8) is 0 Å². The zero-order valence-electron chi connectivity index (χ0n) is 10.2. The van der Waals surface area contributed by atoms with Crippen LogP contribution in [0.2, 0.25) is 0 Å². The average Bonchev–Trinajstić information content (AvgIpc) is 2.39. The zero-order chi connectivity index (χ0) is 13.8. The largest absolute Gasteiger partial charge is 0.483 e. The van der Waals surface area contributed by atoms with Crippen LogP contribution in [0.15, 0.2) is 18.2 Å². The second kappa shape index (κ2) is 5.48. The number of hydrogen-bond acceptors (Lipinski definition) is 5. The lowest BCUT2D eigenvalue weighted by Crippen LogP contribution is -2.25. The first-order valence-electron chi connectivity index (χ1n) is 5.97. The molecule has 0 heterocycles. The van der Waals surface area contributed by atoms with Crippen LogP contribution < -0.4 is 4.74 Å². The molecular weight excluding hydrogens is 248 g/mol. The molecule has 1 fully saturated rings. The van der Waals surface area contributed by atoms with E-state index < -0.39 is 4.92 Å². The second-order valence-electron chi connectivity index (χ2n) is 4.43. The molecule has 19 heavy (non-hydrogen) atoms. The van der Waals surface area contributed by atoms with Gasteiger partial charge < -0.3 is 4.74 Å². The number of ketones is 1. The van der Waals surface area contributed by atoms with Crippen LogP contribution in [0.1, 0.15) is 31.2 Å². The molecule has 0 N–H and O–H groups in total. The number of carbonyl (C=O) groups is 1. The number of Topliss-reactive ketones (excluding diaryl/α,β-unsaturated/α-hetero) is 1. The number of benzene rings is 1. The maximum absolute atomic E-state index is 11.3. The topological polar surface area (TPSA) is 93.2 Å². The Morgan fingerprint density at radius 3 is 2.89 bits per heavy atom. The number of hydrogen-bond donors (Lipinski definition) is 0. The Hall–Kier alpha value is -2.42. The highest BCUT2D eigenvalue weighted by atomic mass is 16.6. The maximum Gasteiger partial charge on any atom is 0.312 e. The molecule has 0 aromatic heterocycles. The minimum absolute atomic E-state index is 0.115. The standard InChI is InChI=1S/C13H12N2O4/c14-8-9-4-5-13(12(6-9)15(17)18)19-11-3-1-2-10(16)7-11/h4-6,11H,1-3,7H2. The molecule has 0 radical (unpaired) electrons. The Morgan fingerprint density at radius 2 is 2.26 bits per heavy atom. The van der Waals surface area contributed by atoms with Crippen molar-refractivity contribution < 1.29 is 14.5 Å². The van der Waals surface area contributed by atoms with Crippen LogP contribution in [0.25, 0.3) is 0 Å². The summed E-state index contributed by atoms with van der Waals surface area (Å²) in [7, 11) is 0. The van der Waals surface area contributed by atoms with E-state index in [1.165, 1.54) is 18.2 Å². The van der Waals surface area contributed by atoms with Crippen molar-refractivity contribution in [2.24, 2.45) is 0 Å². The number of nitro groups is 1. The van der Waals surface area contributed by atoms with E-state index in [0.717, 1.165) is 6.42 Å². The number of nitrogens with zero attached hydrogens (tertiary/aromatic N) is 2. The summed E-state index contributed by atoms with van der Waals surface area (Å²) in [5.74, 6) is 0.233. The van der Waals surface area contributed by atoms with Gasteiger partial charge in [0.1, 0.15) is 11.9 Å². The summed E-state index contributed by atoms with van der Waals surface area (Å²) in [5.41, 5.74) is -0.0316. The van der Waals surface area contributed by atoms with Crippen molar-refractivity contribution in [2.45, 2.75) is 31.8 Å². The molecule has 1 aliphatic rings. The van der Waals surface area contributed by atoms with Crippen LogP contribution in [-0.2, 0) is 4.79 Å². The maximum atomic E-state index is 11.3. The number of nitriles is 1. The molecule has 1 aliphatic carbocycles. The Balaban J connectivity index is 2.22. The van der Waals surface area contributed by atoms with Gasteiger partial charge in [0.2, 0.25) is 0 Å². The van der Waals surface area contributed by atoms with Gasteiger partial charge in [-0.2, -0.15) is 5.26 Å². The second-order valence-corrected chi connectivity index (χ2v) is 4.43. The van der Waals surface area contributed by atoms with Crippen molar-refractivity contribution in [3.8, 4) is 11.8 Å². The van der Waals surface area contributed by atoms with Crippen LogP contribution in [0.4, 0.5) is 5.69 Å². The molecule has 0 saturated heterocycles. The molecule has 98 valence electrons. The van der Waals surface area contributed by atoms with Gasteiger partial charge in [-0.3, -0.25) is 14.9 Å². The van der Waals surface area contributed by atoms with Gasteiger partial charge in [0.05, 0.1) is 16.6 Å². The quantitative estimate of drug-likeness (QED) is 0.614. The van der Waals surface area contributed by atoms with Crippen molar-refractivity contribution >= 4 is 11.5 Å². The molecule has 1 unspecified atom stereocenters. The van der Waals surface area contributed by atoms with E-state index in [-0.39, 0.29) is 35.3 Å². The number of rotatable bonds is 3. The molecule has 1 aromatic rings. The fourth-order valence-electron chi connectivity index (χ4n) is 2.09. The summed E-state index contributed by atoms with van der Waals surface area (Å²) < 4.78 is 5.55. The Bertz CT molecular complexity index is 562. The normalized spacial score (nSPS) is 18.7. The van der Waals surface area contributed by atoms with E-state index in [1.807, 2.05) is 6.07 Å². The average molecular weight is 260 g/mol. The predicted molar refractivity (Wildman–Crippen MR) is 65.7 cm³/mol. The van der Waals surface area contributed by atoms with Gasteiger partial charge in [-0.05, 0) is 25.0 Å². The van der Waals surface area contributed by atoms with Gasteiger partial charge >= 0.3 is 5.69 Å². The third-order valence-electron chi connectivity index (χ3n) is 3.02. The first-order chi connectivity index (χ1) is 9.10. The fraction of sp³-hybridized carbons (Fsp3) is 0.385. The highest BCUT2D eigenvalue weighted by Crippen LogP contribution is 2.31. The number of nitro benzene ring substituents is 1. The van der Waals surface area contributed by atoms with Crippen LogP contribution >= 0.6 is 0 Å². The molecule has 1 saturated carbocycles. The molecule has 0 bridgehead atoms. The van der Waals surface area contributed by atoms with Gasteiger partial charge in [0.25, 0.3) is 0 Å². The summed E-state index contributed by atoms with van der Waals surface area (Å²) in [5, 5.41) is 19.7. The summed E-state index contributed by atoms with van der Waals surface area (Å²) in [6.45, 7) is 0. The van der Waals surface area contributed by atoms with E-state index >= 15 is 0 Å². The Morgan fingerprint density at radius 1 is 1.47 bits per heavy atom. The number of ether oxygens (including phenoxy) is 1. The van der Waals surface area contributed by atoms with Gasteiger partial charge in [-0.1, -0.05) is 0 Å². The van der Waals surface area contributed by atoms with Crippen LogP contribution in [0.3, 0.4) is 0 Å². The molecule has 0 aliphatic heterocycles. The zero-order valence-corrected chi connectivity index (χ0v) is 10.2. The van der Waals surface area contributed by atoms with E-state index in [1.54, 1.807) is 0 Å². The molecule has 1 aromatic carbocycles. The summed E-state index contributed by atoms with van der Waals surface area (Å²) in [6.07, 6.45) is 1.98. The first-order valence-corrected chi connectivity index (χ1v) is 5.97. The Labute approximate surface area is 109 Å². The first kappa shape index (κ1) is 13.0. The number of carbonyl (C=O) groups excluding carboxylic acids is 1. The lowest BCUT2D eigenvalue weighted by molar-refractivity contribution is -0.386.